The number of hydrogen-bond donors (Lipinski definition) is 1. The number of carbonyl (C=O) groups excluding carboxylic acids is 1. The smallest absolute Gasteiger partial charge is 0.281 e. The third-order valence-corrected chi connectivity index (χ3v) is 2.64. The summed E-state index contributed by atoms with van der Waals surface area (Å²) in [6.07, 6.45) is 7.30. The number of rotatable bonds is 4. The van der Waals surface area contributed by atoms with Gasteiger partial charge in [-0.1, -0.05) is 37.5 Å². The first-order valence-corrected chi connectivity index (χ1v) is 5.90. The summed E-state index contributed by atoms with van der Waals surface area (Å²) in [6.45, 7) is 7.05. The first kappa shape index (κ1) is 13.5. The van der Waals surface area contributed by atoms with Crippen LogP contribution >= 0.6 is 0 Å². The van der Waals surface area contributed by atoms with E-state index in [0.29, 0.717) is 11.2 Å². The van der Waals surface area contributed by atoms with Crippen LogP contribution in [0.5, 0.6) is 0 Å². The van der Waals surface area contributed by atoms with E-state index in [1.165, 1.54) is 28.8 Å². The molecule has 1 N–H and O–H groups in total. The van der Waals surface area contributed by atoms with Gasteiger partial charge in [0, 0.05) is 11.8 Å². The fraction of sp³-hybridized carbons (Fsp3) is 0. The van der Waals surface area contributed by atoms with Gasteiger partial charge in [0.2, 0.25) is 0 Å². The van der Waals surface area contributed by atoms with Gasteiger partial charge in [-0.05, 0) is 12.1 Å². The van der Waals surface area contributed by atoms with Crippen LogP contribution in [0.1, 0.15) is 0 Å². The molecule has 2 heterocycles. The molecule has 0 atom stereocenters. The Kier molecular flexibility index (Phi) is 3.91. The number of amides is 1. The molecule has 2 aromatic heterocycles. The van der Waals surface area contributed by atoms with Crippen molar-refractivity contribution in [2.45, 2.75) is 0 Å². The molecule has 0 bridgehead atoms. The summed E-state index contributed by atoms with van der Waals surface area (Å²) in [6, 6.07) is 5.21. The van der Waals surface area contributed by atoms with E-state index in [9.17, 15) is 9.59 Å². The molecule has 0 aliphatic heterocycles. The van der Waals surface area contributed by atoms with Gasteiger partial charge < -0.3 is 5.32 Å². The number of fused-ring (bicyclic) bond motifs is 1. The molecule has 2 rings (SSSR count). The molecule has 0 aliphatic carbocycles. The van der Waals surface area contributed by atoms with E-state index in [-0.39, 0.29) is 11.2 Å². The molecule has 1 amide bonds. The SMILES string of the molecule is C=C/C=C(\C=C)C(=O)Nc1cnc2ccccn2c1=O. The molecule has 100 valence electrons. The zero-order chi connectivity index (χ0) is 14.5. The van der Waals surface area contributed by atoms with Gasteiger partial charge in [-0.15, -0.1) is 0 Å². The van der Waals surface area contributed by atoms with Crippen LogP contribution in [0.4, 0.5) is 5.69 Å². The van der Waals surface area contributed by atoms with Crippen molar-refractivity contribution < 1.29 is 4.79 Å². The minimum Gasteiger partial charge on any atom is -0.316 e. The number of carbonyl (C=O) groups is 1. The maximum atomic E-state index is 12.2. The Labute approximate surface area is 115 Å². The van der Waals surface area contributed by atoms with Crippen LogP contribution in [0.3, 0.4) is 0 Å². The molecule has 0 unspecified atom stereocenters. The summed E-state index contributed by atoms with van der Waals surface area (Å²) >= 11 is 0. The first-order valence-electron chi connectivity index (χ1n) is 5.90. The quantitative estimate of drug-likeness (QED) is 0.680. The molecule has 20 heavy (non-hydrogen) atoms. The first-order chi connectivity index (χ1) is 9.67. The standard InChI is InChI=1S/C15H13N3O2/c1-3-7-11(4-2)14(19)17-12-10-16-13-8-5-6-9-18(13)15(12)20/h3-10H,1-2H2,(H,17,19)/b11-7+. The van der Waals surface area contributed by atoms with Crippen molar-refractivity contribution in [1.82, 2.24) is 9.38 Å². The summed E-state index contributed by atoms with van der Waals surface area (Å²) in [7, 11) is 0. The monoisotopic (exact) mass is 267 g/mol. The Bertz CT molecular complexity index is 772. The lowest BCUT2D eigenvalue weighted by Gasteiger charge is -2.06. The van der Waals surface area contributed by atoms with E-state index < -0.39 is 5.91 Å². The summed E-state index contributed by atoms with van der Waals surface area (Å²) in [5, 5.41) is 2.52. The molecule has 0 aromatic carbocycles. The van der Waals surface area contributed by atoms with Crippen LogP contribution in [0.25, 0.3) is 5.65 Å². The highest BCUT2D eigenvalue weighted by Crippen LogP contribution is 2.05. The molecule has 0 radical (unpaired) electrons. The largest absolute Gasteiger partial charge is 0.316 e. The third kappa shape index (κ3) is 2.56. The zero-order valence-corrected chi connectivity index (χ0v) is 10.7. The maximum absolute atomic E-state index is 12.2. The van der Waals surface area contributed by atoms with Crippen molar-refractivity contribution >= 4 is 17.2 Å². The number of nitrogens with one attached hydrogen (secondary N) is 1. The predicted molar refractivity (Wildman–Crippen MR) is 78.6 cm³/mol. The molecule has 0 saturated heterocycles. The molecule has 0 spiro atoms. The minimum atomic E-state index is -0.435. The van der Waals surface area contributed by atoms with Crippen LogP contribution in [0.2, 0.25) is 0 Å². The van der Waals surface area contributed by atoms with Crippen LogP contribution in [0, 0.1) is 0 Å². The summed E-state index contributed by atoms with van der Waals surface area (Å²) in [5.41, 5.74) is 0.597. The molecule has 0 aliphatic rings. The van der Waals surface area contributed by atoms with Crippen molar-refractivity contribution in [3.63, 3.8) is 0 Å². The molecule has 0 saturated carbocycles. The van der Waals surface area contributed by atoms with Crippen LogP contribution in [0.15, 0.2) is 72.3 Å². The highest BCUT2D eigenvalue weighted by Gasteiger charge is 2.10. The maximum Gasteiger partial charge on any atom is 0.281 e. The number of nitrogens with zero attached hydrogens (tertiary/aromatic N) is 2. The second-order valence-corrected chi connectivity index (χ2v) is 3.92. The van der Waals surface area contributed by atoms with Crippen molar-refractivity contribution in [2.24, 2.45) is 0 Å². The molecule has 0 fully saturated rings. The third-order valence-electron chi connectivity index (χ3n) is 2.64. The number of anilines is 1. The zero-order valence-electron chi connectivity index (χ0n) is 10.7. The van der Waals surface area contributed by atoms with E-state index in [2.05, 4.69) is 23.5 Å². The second kappa shape index (κ2) is 5.79. The van der Waals surface area contributed by atoms with Gasteiger partial charge in [-0.25, -0.2) is 4.98 Å². The molecular formula is C15H13N3O2. The Hall–Kier alpha value is -2.95. The van der Waals surface area contributed by atoms with Gasteiger partial charge in [0.1, 0.15) is 11.3 Å². The number of aromatic nitrogens is 2. The average molecular weight is 267 g/mol. The highest BCUT2D eigenvalue weighted by molar-refractivity contribution is 6.05. The lowest BCUT2D eigenvalue weighted by atomic mass is 10.2. The van der Waals surface area contributed by atoms with Crippen molar-refractivity contribution in [2.75, 3.05) is 5.32 Å². The van der Waals surface area contributed by atoms with Crippen LogP contribution in [-0.2, 0) is 4.79 Å². The van der Waals surface area contributed by atoms with Crippen molar-refractivity contribution in [1.29, 1.82) is 0 Å². The van der Waals surface area contributed by atoms with Gasteiger partial charge in [0.15, 0.2) is 0 Å². The lowest BCUT2D eigenvalue weighted by molar-refractivity contribution is -0.112. The summed E-state index contributed by atoms with van der Waals surface area (Å²) in [4.78, 5) is 28.2. The van der Waals surface area contributed by atoms with E-state index in [4.69, 9.17) is 0 Å². The van der Waals surface area contributed by atoms with Crippen LogP contribution < -0.4 is 10.9 Å². The Morgan fingerprint density at radius 3 is 2.85 bits per heavy atom. The summed E-state index contributed by atoms with van der Waals surface area (Å²) in [5.74, 6) is -0.435. The average Bonchev–Trinajstić information content (AvgIpc) is 2.47. The van der Waals surface area contributed by atoms with E-state index in [1.807, 2.05) is 0 Å². The molecule has 5 nitrogen and oxygen atoms in total. The minimum absolute atomic E-state index is 0.107. The molecular weight excluding hydrogens is 254 g/mol. The second-order valence-electron chi connectivity index (χ2n) is 3.92. The normalized spacial score (nSPS) is 11.1. The van der Waals surface area contributed by atoms with E-state index in [0.717, 1.165) is 0 Å². The Morgan fingerprint density at radius 2 is 2.15 bits per heavy atom. The summed E-state index contributed by atoms with van der Waals surface area (Å²) < 4.78 is 1.36. The van der Waals surface area contributed by atoms with Crippen molar-refractivity contribution in [3.8, 4) is 0 Å². The van der Waals surface area contributed by atoms with Crippen molar-refractivity contribution in [3.05, 3.63) is 77.9 Å². The Morgan fingerprint density at radius 1 is 1.35 bits per heavy atom. The highest BCUT2D eigenvalue weighted by atomic mass is 16.2. The predicted octanol–water partition coefficient (Wildman–Crippen LogP) is 1.93. The Balaban J connectivity index is 2.40. The van der Waals surface area contributed by atoms with Crippen LogP contribution in [-0.4, -0.2) is 15.3 Å². The fourth-order valence-corrected chi connectivity index (χ4v) is 1.67. The van der Waals surface area contributed by atoms with Gasteiger partial charge >= 0.3 is 0 Å². The lowest BCUT2D eigenvalue weighted by Crippen LogP contribution is -2.23. The molecule has 2 aromatic rings. The fourth-order valence-electron chi connectivity index (χ4n) is 1.67. The topological polar surface area (TPSA) is 63.5 Å². The van der Waals surface area contributed by atoms with Gasteiger partial charge in [0.25, 0.3) is 11.5 Å². The van der Waals surface area contributed by atoms with E-state index in [1.54, 1.807) is 24.4 Å². The number of hydrogen-bond acceptors (Lipinski definition) is 3. The van der Waals surface area contributed by atoms with Gasteiger partial charge in [0.05, 0.1) is 6.20 Å². The number of pyridine rings is 1. The number of allylic oxidation sites excluding steroid dienone is 2. The van der Waals surface area contributed by atoms with Gasteiger partial charge in [-0.3, -0.25) is 14.0 Å². The van der Waals surface area contributed by atoms with Gasteiger partial charge in [-0.2, -0.15) is 0 Å². The van der Waals surface area contributed by atoms with E-state index >= 15 is 0 Å². The molecule has 5 heteroatoms.